The first kappa shape index (κ1) is 27.2. The van der Waals surface area contributed by atoms with Crippen LogP contribution in [0.15, 0.2) is 143 Å². The zero-order chi connectivity index (χ0) is 28.1. The van der Waals surface area contributed by atoms with E-state index in [2.05, 4.69) is 125 Å². The van der Waals surface area contributed by atoms with Crippen LogP contribution >= 0.6 is 34.0 Å². The molecule has 3 nitrogen and oxygen atoms in total. The average Bonchev–Trinajstić information content (AvgIpc) is 3.84. The van der Waals surface area contributed by atoms with Crippen molar-refractivity contribution in [1.82, 2.24) is 4.98 Å². The molecule has 0 saturated carbocycles. The zero-order valence-corrected chi connectivity index (χ0v) is 25.1. The standard InChI is InChI=1S/C12H8S.2C8H6S.C6H5NO2S/c1-3-7-11-9(5-1)10-6-2-4-8-12(10)13-11;2*1-2-4-8-7(3-1)5-6-9-8;8-10(9)4-2-5-6(10)1-3-7-5/h1-8H;2*1-6H;1-4,7H. The fraction of sp³-hybridized carbons (Fsp3) is 0. The maximum Gasteiger partial charge on any atom is 0.201 e. The van der Waals surface area contributed by atoms with Crippen LogP contribution in [0, 0.1) is 0 Å². The van der Waals surface area contributed by atoms with Crippen LogP contribution in [0.3, 0.4) is 0 Å². The summed E-state index contributed by atoms with van der Waals surface area (Å²) in [7, 11) is -3.07. The van der Waals surface area contributed by atoms with Crippen molar-refractivity contribution in [2.24, 2.45) is 0 Å². The lowest BCUT2D eigenvalue weighted by molar-refractivity contribution is 0.605. The van der Waals surface area contributed by atoms with Crippen molar-refractivity contribution in [3.8, 4) is 0 Å². The van der Waals surface area contributed by atoms with Gasteiger partial charge in [-0.2, -0.15) is 0 Å². The summed E-state index contributed by atoms with van der Waals surface area (Å²) in [6, 6.07) is 39.8. The molecule has 1 N–H and O–H groups in total. The number of fused-ring (bicyclic) bond motifs is 6. The molecular weight excluding hydrogens is 583 g/mol. The van der Waals surface area contributed by atoms with E-state index in [1.807, 2.05) is 11.3 Å². The van der Waals surface area contributed by atoms with Gasteiger partial charge in [0.05, 0.1) is 10.6 Å². The van der Waals surface area contributed by atoms with E-state index in [9.17, 15) is 8.42 Å². The number of sulfone groups is 1. The Labute approximate surface area is 250 Å². The molecule has 0 amide bonds. The van der Waals surface area contributed by atoms with Crippen LogP contribution in [0.25, 0.3) is 46.4 Å². The van der Waals surface area contributed by atoms with E-state index in [1.165, 1.54) is 45.8 Å². The highest BCUT2D eigenvalue weighted by atomic mass is 32.2. The predicted molar refractivity (Wildman–Crippen MR) is 180 cm³/mol. The van der Waals surface area contributed by atoms with Gasteiger partial charge in [0.15, 0.2) is 0 Å². The molecule has 0 saturated heterocycles. The molecule has 4 aromatic carbocycles. The SMILES string of the molecule is O=S1(=O)C=Cc2[nH]ccc21.c1ccc2c(c1)sc1ccccc12.c1ccc2sccc2c1.c1ccc2sccc2c1. The summed E-state index contributed by atoms with van der Waals surface area (Å²) in [5.41, 5.74) is 0.681. The normalized spacial score (nSPS) is 12.7. The Morgan fingerprint density at radius 2 is 1.02 bits per heavy atom. The quantitative estimate of drug-likeness (QED) is 0.186. The molecule has 0 atom stereocenters. The number of H-pyrrole nitrogens is 1. The Kier molecular flexibility index (Phi) is 8.11. The van der Waals surface area contributed by atoms with Crippen LogP contribution in [-0.2, 0) is 9.84 Å². The third kappa shape index (κ3) is 6.19. The first-order valence-electron chi connectivity index (χ1n) is 12.9. The van der Waals surface area contributed by atoms with Gasteiger partial charge in [-0.15, -0.1) is 34.0 Å². The van der Waals surface area contributed by atoms with Gasteiger partial charge < -0.3 is 4.98 Å². The second-order valence-electron chi connectivity index (χ2n) is 9.11. The molecule has 0 spiro atoms. The Hall–Kier alpha value is -4.01. The number of hydrogen-bond donors (Lipinski definition) is 1. The summed E-state index contributed by atoms with van der Waals surface area (Å²) >= 11 is 5.44. The van der Waals surface area contributed by atoms with Crippen molar-refractivity contribution in [1.29, 1.82) is 0 Å². The van der Waals surface area contributed by atoms with Gasteiger partial charge in [-0.05, 0) is 70.1 Å². The smallest absolute Gasteiger partial charge is 0.201 e. The summed E-state index contributed by atoms with van der Waals surface area (Å²) in [5.74, 6) is 0. The van der Waals surface area contributed by atoms with Crippen molar-refractivity contribution in [3.05, 3.63) is 143 Å². The lowest BCUT2D eigenvalue weighted by Crippen LogP contribution is -1.89. The number of nitrogens with one attached hydrogen (secondary N) is 1. The molecule has 5 heterocycles. The Morgan fingerprint density at radius 1 is 0.537 bits per heavy atom. The van der Waals surface area contributed by atoms with Gasteiger partial charge in [0.25, 0.3) is 0 Å². The molecule has 1 aliphatic rings. The molecule has 202 valence electrons. The minimum Gasteiger partial charge on any atom is -0.361 e. The first-order chi connectivity index (χ1) is 20.1. The predicted octanol–water partition coefficient (Wildman–Crippen LogP) is 10.6. The molecule has 0 radical (unpaired) electrons. The van der Waals surface area contributed by atoms with E-state index in [0.717, 1.165) is 0 Å². The Balaban J connectivity index is 0.0000000996. The highest BCUT2D eigenvalue weighted by molar-refractivity contribution is 7.94. The molecule has 0 fully saturated rings. The van der Waals surface area contributed by atoms with Crippen LogP contribution in [0.2, 0.25) is 0 Å². The third-order valence-corrected chi connectivity index (χ3v) is 10.9. The lowest BCUT2D eigenvalue weighted by atomic mass is 10.2. The van der Waals surface area contributed by atoms with Gasteiger partial charge in [-0.3, -0.25) is 0 Å². The van der Waals surface area contributed by atoms with Gasteiger partial charge >= 0.3 is 0 Å². The van der Waals surface area contributed by atoms with Crippen LogP contribution < -0.4 is 0 Å². The number of benzene rings is 4. The fourth-order valence-corrected chi connectivity index (χ4v) is 8.30. The summed E-state index contributed by atoms with van der Waals surface area (Å²) in [4.78, 5) is 3.19. The molecule has 7 heteroatoms. The molecule has 9 rings (SSSR count). The van der Waals surface area contributed by atoms with Crippen LogP contribution in [0.5, 0.6) is 0 Å². The highest BCUT2D eigenvalue weighted by Crippen LogP contribution is 2.33. The Bertz CT molecular complexity index is 2020. The van der Waals surface area contributed by atoms with Crippen molar-refractivity contribution >= 4 is 90.3 Å². The summed E-state index contributed by atoms with van der Waals surface area (Å²) in [6.45, 7) is 0. The minimum atomic E-state index is -3.07. The van der Waals surface area contributed by atoms with E-state index in [1.54, 1.807) is 41.0 Å². The monoisotopic (exact) mass is 607 g/mol. The second kappa shape index (κ2) is 12.2. The van der Waals surface area contributed by atoms with Crippen molar-refractivity contribution in [3.63, 3.8) is 0 Å². The van der Waals surface area contributed by atoms with E-state index in [0.29, 0.717) is 10.6 Å². The number of aromatic nitrogens is 1. The minimum absolute atomic E-state index is 0.382. The summed E-state index contributed by atoms with van der Waals surface area (Å²) < 4.78 is 27.5. The molecule has 4 aromatic heterocycles. The van der Waals surface area contributed by atoms with Gasteiger partial charge in [0, 0.05) is 41.2 Å². The molecule has 41 heavy (non-hydrogen) atoms. The topological polar surface area (TPSA) is 49.9 Å². The van der Waals surface area contributed by atoms with Gasteiger partial charge in [0.2, 0.25) is 9.84 Å². The molecule has 0 unspecified atom stereocenters. The van der Waals surface area contributed by atoms with Crippen LogP contribution in [0.1, 0.15) is 5.69 Å². The van der Waals surface area contributed by atoms with Gasteiger partial charge in [0.1, 0.15) is 0 Å². The van der Waals surface area contributed by atoms with Crippen molar-refractivity contribution < 1.29 is 8.42 Å². The van der Waals surface area contributed by atoms with Crippen LogP contribution in [-0.4, -0.2) is 13.4 Å². The molecule has 0 bridgehead atoms. The number of aromatic amines is 1. The van der Waals surface area contributed by atoms with Gasteiger partial charge in [-0.1, -0.05) is 72.8 Å². The maximum absolute atomic E-state index is 11.0. The molecule has 0 aliphatic carbocycles. The fourth-order valence-electron chi connectivity index (χ4n) is 4.46. The zero-order valence-electron chi connectivity index (χ0n) is 21.8. The summed E-state index contributed by atoms with van der Waals surface area (Å²) in [5, 5.41) is 10.9. The van der Waals surface area contributed by atoms with Gasteiger partial charge in [-0.25, -0.2) is 8.42 Å². The van der Waals surface area contributed by atoms with E-state index < -0.39 is 9.84 Å². The van der Waals surface area contributed by atoms with Crippen LogP contribution in [0.4, 0.5) is 0 Å². The number of hydrogen-bond acceptors (Lipinski definition) is 5. The van der Waals surface area contributed by atoms with E-state index >= 15 is 0 Å². The summed E-state index contributed by atoms with van der Waals surface area (Å²) in [6.07, 6.45) is 3.18. The Morgan fingerprint density at radius 3 is 1.54 bits per heavy atom. The first-order valence-corrected chi connectivity index (χ1v) is 17.0. The third-order valence-electron chi connectivity index (χ3n) is 6.47. The van der Waals surface area contributed by atoms with E-state index in [4.69, 9.17) is 0 Å². The largest absolute Gasteiger partial charge is 0.361 e. The number of thiophene rings is 3. The lowest BCUT2D eigenvalue weighted by Gasteiger charge is -1.88. The molecule has 8 aromatic rings. The second-order valence-corrected chi connectivity index (χ2v) is 13.9. The van der Waals surface area contributed by atoms with Crippen molar-refractivity contribution in [2.75, 3.05) is 0 Å². The molecule has 1 aliphatic heterocycles. The average molecular weight is 608 g/mol. The maximum atomic E-state index is 11.0. The number of rotatable bonds is 0. The van der Waals surface area contributed by atoms with E-state index in [-0.39, 0.29) is 0 Å². The highest BCUT2D eigenvalue weighted by Gasteiger charge is 2.20. The van der Waals surface area contributed by atoms with Crippen molar-refractivity contribution in [2.45, 2.75) is 4.90 Å². The molecular formula is C34H25NO2S4.